The van der Waals surface area contributed by atoms with E-state index in [4.69, 9.17) is 5.73 Å². The van der Waals surface area contributed by atoms with Crippen LogP contribution >= 0.6 is 0 Å². The number of hydrogen-bond acceptors (Lipinski definition) is 6. The molecule has 1 aliphatic rings. The lowest BCUT2D eigenvalue weighted by Gasteiger charge is -2.25. The van der Waals surface area contributed by atoms with Gasteiger partial charge < -0.3 is 11.1 Å². The molecule has 2 aromatic heterocycles. The molecule has 0 unspecified atom stereocenters. The molecule has 3 heterocycles. The monoisotopic (exact) mass is 253 g/mol. The van der Waals surface area contributed by atoms with Crippen LogP contribution in [0.2, 0.25) is 0 Å². The van der Waals surface area contributed by atoms with Crippen LogP contribution in [-0.4, -0.2) is 19.7 Å². The molecule has 1 atom stereocenters. The first-order chi connectivity index (χ1) is 9.20. The summed E-state index contributed by atoms with van der Waals surface area (Å²) in [4.78, 5) is 8.23. The van der Waals surface area contributed by atoms with Gasteiger partial charge in [0, 0.05) is 12.4 Å². The first-order valence-corrected chi connectivity index (χ1v) is 5.70. The topological polar surface area (TPSA) is 105 Å². The van der Waals surface area contributed by atoms with Gasteiger partial charge in [-0.1, -0.05) is 0 Å². The molecule has 0 aliphatic carbocycles. The van der Waals surface area contributed by atoms with Crippen LogP contribution in [0.5, 0.6) is 0 Å². The first kappa shape index (κ1) is 11.2. The van der Waals surface area contributed by atoms with E-state index in [1.165, 1.54) is 0 Å². The SMILES string of the molecule is Cc1nc2n(n1)[C@H](c1ccncc1)C(C#N)=C(N)N2. The van der Waals surface area contributed by atoms with Crippen molar-refractivity contribution < 1.29 is 0 Å². The highest BCUT2D eigenvalue weighted by atomic mass is 15.4. The summed E-state index contributed by atoms with van der Waals surface area (Å²) in [5, 5.41) is 16.5. The lowest BCUT2D eigenvalue weighted by atomic mass is 9.99. The zero-order chi connectivity index (χ0) is 13.4. The van der Waals surface area contributed by atoms with Crippen molar-refractivity contribution in [2.45, 2.75) is 13.0 Å². The van der Waals surface area contributed by atoms with Gasteiger partial charge >= 0.3 is 0 Å². The van der Waals surface area contributed by atoms with E-state index in [1.54, 1.807) is 24.0 Å². The van der Waals surface area contributed by atoms with Crippen molar-refractivity contribution >= 4 is 5.95 Å². The van der Waals surface area contributed by atoms with Gasteiger partial charge in [-0.05, 0) is 24.6 Å². The van der Waals surface area contributed by atoms with Crippen molar-refractivity contribution in [2.75, 3.05) is 5.32 Å². The number of nitrogens with two attached hydrogens (primary N) is 1. The molecule has 7 nitrogen and oxygen atoms in total. The Bertz CT molecular complexity index is 693. The van der Waals surface area contributed by atoms with Crippen LogP contribution in [0.25, 0.3) is 0 Å². The summed E-state index contributed by atoms with van der Waals surface area (Å²) in [5.41, 5.74) is 7.20. The Morgan fingerprint density at radius 1 is 1.42 bits per heavy atom. The van der Waals surface area contributed by atoms with Crippen LogP contribution in [0.1, 0.15) is 17.4 Å². The van der Waals surface area contributed by atoms with Crippen LogP contribution in [0.4, 0.5) is 5.95 Å². The Hall–Kier alpha value is -2.88. The van der Waals surface area contributed by atoms with Gasteiger partial charge in [-0.3, -0.25) is 4.98 Å². The molecule has 0 spiro atoms. The standard InChI is InChI=1S/C12H11N7/c1-7-16-12-17-11(14)9(6-13)10(19(12)18-7)8-2-4-15-5-3-8/h2-5,10H,14H2,1H3,(H,16,17,18)/t10-/m1/s1. The summed E-state index contributed by atoms with van der Waals surface area (Å²) in [6.45, 7) is 1.79. The molecule has 1 aliphatic heterocycles. The quantitative estimate of drug-likeness (QED) is 0.774. The maximum Gasteiger partial charge on any atom is 0.227 e. The van der Waals surface area contributed by atoms with Gasteiger partial charge in [0.2, 0.25) is 5.95 Å². The van der Waals surface area contributed by atoms with Crippen molar-refractivity contribution in [1.29, 1.82) is 5.26 Å². The summed E-state index contributed by atoms with van der Waals surface area (Å²) in [5.74, 6) is 1.47. The molecular formula is C12H11N7. The largest absolute Gasteiger partial charge is 0.384 e. The van der Waals surface area contributed by atoms with E-state index in [-0.39, 0.29) is 6.04 Å². The summed E-state index contributed by atoms with van der Waals surface area (Å²) in [6.07, 6.45) is 3.35. The fourth-order valence-electron chi connectivity index (χ4n) is 2.13. The maximum atomic E-state index is 9.32. The average molecular weight is 253 g/mol. The van der Waals surface area contributed by atoms with Gasteiger partial charge in [0.25, 0.3) is 0 Å². The molecule has 0 saturated carbocycles. The van der Waals surface area contributed by atoms with Gasteiger partial charge in [-0.15, -0.1) is 0 Å². The molecule has 3 N–H and O–H groups in total. The van der Waals surface area contributed by atoms with Crippen LogP contribution in [0.3, 0.4) is 0 Å². The number of allylic oxidation sites excluding steroid dienone is 1. The maximum absolute atomic E-state index is 9.32. The highest BCUT2D eigenvalue weighted by Gasteiger charge is 2.30. The smallest absolute Gasteiger partial charge is 0.227 e. The van der Waals surface area contributed by atoms with Crippen molar-refractivity contribution in [1.82, 2.24) is 19.7 Å². The van der Waals surface area contributed by atoms with Crippen LogP contribution in [-0.2, 0) is 0 Å². The molecule has 0 saturated heterocycles. The van der Waals surface area contributed by atoms with Gasteiger partial charge in [-0.25, -0.2) is 4.68 Å². The number of anilines is 1. The first-order valence-electron chi connectivity index (χ1n) is 5.70. The Morgan fingerprint density at radius 3 is 2.84 bits per heavy atom. The fourth-order valence-corrected chi connectivity index (χ4v) is 2.13. The number of nitrogens with one attached hydrogen (secondary N) is 1. The molecule has 0 bridgehead atoms. The van der Waals surface area contributed by atoms with Gasteiger partial charge in [0.1, 0.15) is 23.8 Å². The van der Waals surface area contributed by atoms with Crippen molar-refractivity contribution in [3.8, 4) is 6.07 Å². The minimum atomic E-state index is -0.370. The number of pyridine rings is 1. The number of nitrogens with zero attached hydrogens (tertiary/aromatic N) is 5. The lowest BCUT2D eigenvalue weighted by molar-refractivity contribution is 0.581. The number of aryl methyl sites for hydroxylation is 1. The van der Waals surface area contributed by atoms with Gasteiger partial charge in [0.15, 0.2) is 0 Å². The van der Waals surface area contributed by atoms with Gasteiger partial charge in [0.05, 0.1) is 5.57 Å². The van der Waals surface area contributed by atoms with E-state index >= 15 is 0 Å². The Labute approximate surface area is 109 Å². The summed E-state index contributed by atoms with van der Waals surface area (Å²) in [7, 11) is 0. The predicted molar refractivity (Wildman–Crippen MR) is 67.6 cm³/mol. The number of nitriles is 1. The molecule has 0 amide bonds. The van der Waals surface area contributed by atoms with Crippen LogP contribution in [0.15, 0.2) is 35.9 Å². The van der Waals surface area contributed by atoms with Crippen LogP contribution in [0, 0.1) is 18.3 Å². The molecule has 7 heteroatoms. The van der Waals surface area contributed by atoms with Crippen molar-refractivity contribution in [3.05, 3.63) is 47.3 Å². The van der Waals surface area contributed by atoms with E-state index in [0.717, 1.165) is 5.56 Å². The fraction of sp³-hybridized carbons (Fsp3) is 0.167. The zero-order valence-electron chi connectivity index (χ0n) is 10.2. The van der Waals surface area contributed by atoms with Crippen LogP contribution < -0.4 is 11.1 Å². The van der Waals surface area contributed by atoms with E-state index in [2.05, 4.69) is 26.5 Å². The normalized spacial score (nSPS) is 17.6. The second kappa shape index (κ2) is 4.10. The van der Waals surface area contributed by atoms with E-state index in [0.29, 0.717) is 23.2 Å². The second-order valence-electron chi connectivity index (χ2n) is 4.17. The molecule has 0 fully saturated rings. The van der Waals surface area contributed by atoms with Crippen molar-refractivity contribution in [2.24, 2.45) is 5.73 Å². The minimum absolute atomic E-state index is 0.309. The van der Waals surface area contributed by atoms with Gasteiger partial charge in [-0.2, -0.15) is 15.3 Å². The van der Waals surface area contributed by atoms with E-state index < -0.39 is 0 Å². The third kappa shape index (κ3) is 1.70. The highest BCUT2D eigenvalue weighted by Crippen LogP contribution is 2.32. The second-order valence-corrected chi connectivity index (χ2v) is 4.17. The predicted octanol–water partition coefficient (Wildman–Crippen LogP) is 0.690. The summed E-state index contributed by atoms with van der Waals surface area (Å²) >= 11 is 0. The minimum Gasteiger partial charge on any atom is -0.384 e. The lowest BCUT2D eigenvalue weighted by Crippen LogP contribution is -2.28. The molecule has 0 aromatic carbocycles. The molecule has 0 radical (unpaired) electrons. The third-order valence-electron chi connectivity index (χ3n) is 2.93. The van der Waals surface area contributed by atoms with Crippen molar-refractivity contribution in [3.63, 3.8) is 0 Å². The zero-order valence-corrected chi connectivity index (χ0v) is 10.2. The van der Waals surface area contributed by atoms with E-state index in [1.807, 2.05) is 12.1 Å². The third-order valence-corrected chi connectivity index (χ3v) is 2.93. The molecule has 19 heavy (non-hydrogen) atoms. The number of rotatable bonds is 1. The Balaban J connectivity index is 2.22. The average Bonchev–Trinajstić information content (AvgIpc) is 2.77. The number of aromatic nitrogens is 4. The number of hydrogen-bond donors (Lipinski definition) is 2. The molecule has 94 valence electrons. The molecular weight excluding hydrogens is 242 g/mol. The molecule has 2 aromatic rings. The number of fused-ring (bicyclic) bond motifs is 1. The summed E-state index contributed by atoms with van der Waals surface area (Å²) < 4.78 is 1.67. The Kier molecular flexibility index (Phi) is 2.42. The van der Waals surface area contributed by atoms with E-state index in [9.17, 15) is 5.26 Å². The Morgan fingerprint density at radius 2 is 2.16 bits per heavy atom. The molecule has 3 rings (SSSR count). The summed E-state index contributed by atoms with van der Waals surface area (Å²) in [6, 6.07) is 5.44. The highest BCUT2D eigenvalue weighted by molar-refractivity contribution is 5.51.